The second-order valence-corrected chi connectivity index (χ2v) is 10.3. The van der Waals surface area contributed by atoms with Crippen LogP contribution in [0.1, 0.15) is 51.5 Å². The molecule has 0 bridgehead atoms. The van der Waals surface area contributed by atoms with Gasteiger partial charge in [0.2, 0.25) is 11.9 Å². The number of para-hydroxylation sites is 2. The summed E-state index contributed by atoms with van der Waals surface area (Å²) in [6.45, 7) is 6.83. The summed E-state index contributed by atoms with van der Waals surface area (Å²) in [5.41, 5.74) is 3.07. The molecule has 1 N–H and O–H groups in total. The molecule has 180 valence electrons. The number of amides is 1. The van der Waals surface area contributed by atoms with E-state index in [4.69, 9.17) is 4.98 Å². The number of nitrogens with one attached hydrogen (secondary N) is 1. The van der Waals surface area contributed by atoms with Gasteiger partial charge < -0.3 is 14.8 Å². The molecule has 5 rings (SSSR count). The lowest BCUT2D eigenvalue weighted by molar-refractivity contribution is -0.127. The third-order valence-electron chi connectivity index (χ3n) is 8.07. The van der Waals surface area contributed by atoms with E-state index < -0.39 is 0 Å². The topological polar surface area (TPSA) is 50.2 Å². The number of imidazole rings is 1. The fourth-order valence-corrected chi connectivity index (χ4v) is 5.66. The largest absolute Gasteiger partial charge is 0.353 e. The van der Waals surface area contributed by atoms with E-state index in [9.17, 15) is 9.18 Å². The minimum Gasteiger partial charge on any atom is -0.353 e. The van der Waals surface area contributed by atoms with E-state index in [0.717, 1.165) is 54.9 Å². The number of hydrogen-bond acceptors (Lipinski definition) is 3. The zero-order valence-corrected chi connectivity index (χ0v) is 20.2. The van der Waals surface area contributed by atoms with Crippen LogP contribution >= 0.6 is 0 Å². The maximum Gasteiger partial charge on any atom is 0.223 e. The lowest BCUT2D eigenvalue weighted by Gasteiger charge is -2.37. The van der Waals surface area contributed by atoms with Gasteiger partial charge in [-0.05, 0) is 60.9 Å². The zero-order chi connectivity index (χ0) is 23.7. The summed E-state index contributed by atoms with van der Waals surface area (Å²) < 4.78 is 15.6. The number of hydrogen-bond donors (Lipinski definition) is 1. The Kier molecular flexibility index (Phi) is 6.57. The van der Waals surface area contributed by atoms with Crippen molar-refractivity contribution >= 4 is 22.9 Å². The highest BCUT2D eigenvalue weighted by atomic mass is 19.1. The standard InChI is InChI=1S/C28H35FN4O/c1-19-6-5-8-24(20(19)2)30-27(34)22-14-16-32(17-15-22)28-31-25-7-3-4-9-26(25)33(28)18-21-10-12-23(29)13-11-21/h3-4,7,9-13,19-20,22,24H,5-6,8,14-18H2,1-2H3,(H,30,34)/t19-,20-,24+/m1/s1. The van der Waals surface area contributed by atoms with Gasteiger partial charge in [0.1, 0.15) is 5.82 Å². The summed E-state index contributed by atoms with van der Waals surface area (Å²) >= 11 is 0. The number of carbonyl (C=O) groups excluding carboxylic acids is 1. The predicted molar refractivity (Wildman–Crippen MR) is 134 cm³/mol. The minimum atomic E-state index is -0.225. The fourth-order valence-electron chi connectivity index (χ4n) is 5.66. The Morgan fingerprint density at radius 3 is 2.53 bits per heavy atom. The quantitative estimate of drug-likeness (QED) is 0.554. The zero-order valence-electron chi connectivity index (χ0n) is 20.2. The van der Waals surface area contributed by atoms with Crippen LogP contribution < -0.4 is 10.2 Å². The number of piperidine rings is 1. The Morgan fingerprint density at radius 1 is 1.03 bits per heavy atom. The summed E-state index contributed by atoms with van der Waals surface area (Å²) in [7, 11) is 0. The van der Waals surface area contributed by atoms with Gasteiger partial charge >= 0.3 is 0 Å². The predicted octanol–water partition coefficient (Wildman–Crippen LogP) is 5.38. The molecule has 1 aliphatic heterocycles. The van der Waals surface area contributed by atoms with Crippen molar-refractivity contribution in [2.75, 3.05) is 18.0 Å². The molecule has 0 radical (unpaired) electrons. The van der Waals surface area contributed by atoms with E-state index >= 15 is 0 Å². The maximum absolute atomic E-state index is 13.4. The highest BCUT2D eigenvalue weighted by molar-refractivity contribution is 5.80. The number of rotatable bonds is 5. The number of benzene rings is 2. The van der Waals surface area contributed by atoms with Crippen molar-refractivity contribution in [3.05, 3.63) is 59.9 Å². The third kappa shape index (κ3) is 4.68. The molecule has 0 spiro atoms. The van der Waals surface area contributed by atoms with Gasteiger partial charge in [0.15, 0.2) is 0 Å². The second kappa shape index (κ2) is 9.77. The molecule has 1 saturated carbocycles. The molecule has 3 atom stereocenters. The average Bonchev–Trinajstić information content (AvgIpc) is 3.22. The summed E-state index contributed by atoms with van der Waals surface area (Å²) in [6.07, 6.45) is 5.25. The van der Waals surface area contributed by atoms with Gasteiger partial charge in [0.25, 0.3) is 0 Å². The summed E-state index contributed by atoms with van der Waals surface area (Å²) in [4.78, 5) is 20.3. The summed E-state index contributed by atoms with van der Waals surface area (Å²) in [5, 5.41) is 3.38. The van der Waals surface area contributed by atoms with Crippen molar-refractivity contribution in [3.8, 4) is 0 Å². The molecule has 2 aromatic carbocycles. The van der Waals surface area contributed by atoms with Gasteiger partial charge in [-0.25, -0.2) is 9.37 Å². The monoisotopic (exact) mass is 462 g/mol. The number of carbonyl (C=O) groups is 1. The van der Waals surface area contributed by atoms with Gasteiger partial charge in [-0.15, -0.1) is 0 Å². The molecule has 1 aromatic heterocycles. The smallest absolute Gasteiger partial charge is 0.223 e. The minimum absolute atomic E-state index is 0.0654. The van der Waals surface area contributed by atoms with Crippen LogP contribution in [0.25, 0.3) is 11.0 Å². The number of aromatic nitrogens is 2. The van der Waals surface area contributed by atoms with Gasteiger partial charge in [0, 0.05) is 25.0 Å². The SMILES string of the molecule is C[C@@H]1[C@H](C)CCC[C@@H]1NC(=O)C1CCN(c2nc3ccccc3n2Cc2ccc(F)cc2)CC1. The first kappa shape index (κ1) is 22.9. The summed E-state index contributed by atoms with van der Waals surface area (Å²) in [6, 6.07) is 15.1. The van der Waals surface area contributed by atoms with Crippen molar-refractivity contribution in [2.45, 2.75) is 58.5 Å². The van der Waals surface area contributed by atoms with E-state index in [1.165, 1.54) is 25.0 Å². The normalized spacial score (nSPS) is 23.9. The Balaban J connectivity index is 1.29. The third-order valence-corrected chi connectivity index (χ3v) is 8.07. The molecule has 34 heavy (non-hydrogen) atoms. The number of nitrogens with zero attached hydrogens (tertiary/aromatic N) is 3. The van der Waals surface area contributed by atoms with Crippen LogP contribution in [0.5, 0.6) is 0 Å². The maximum atomic E-state index is 13.4. The lowest BCUT2D eigenvalue weighted by Crippen LogP contribution is -2.48. The van der Waals surface area contributed by atoms with Crippen molar-refractivity contribution in [1.82, 2.24) is 14.9 Å². The molecule has 5 nitrogen and oxygen atoms in total. The van der Waals surface area contributed by atoms with Crippen LogP contribution in [0, 0.1) is 23.6 Å². The van der Waals surface area contributed by atoms with E-state index in [2.05, 4.69) is 34.7 Å². The number of halogens is 1. The molecular weight excluding hydrogens is 427 g/mol. The van der Waals surface area contributed by atoms with E-state index in [1.54, 1.807) is 0 Å². The first-order valence-electron chi connectivity index (χ1n) is 12.7. The molecule has 1 aliphatic carbocycles. The molecule has 6 heteroatoms. The molecule has 2 aliphatic rings. The van der Waals surface area contributed by atoms with Gasteiger partial charge in [-0.3, -0.25) is 4.79 Å². The van der Waals surface area contributed by atoms with Crippen LogP contribution in [0.2, 0.25) is 0 Å². The van der Waals surface area contributed by atoms with E-state index in [-0.39, 0.29) is 17.6 Å². The molecule has 0 unspecified atom stereocenters. The van der Waals surface area contributed by atoms with Crippen LogP contribution in [0.15, 0.2) is 48.5 Å². The van der Waals surface area contributed by atoms with Crippen LogP contribution in [0.3, 0.4) is 0 Å². The highest BCUT2D eigenvalue weighted by Crippen LogP contribution is 2.31. The Hall–Kier alpha value is -2.89. The van der Waals surface area contributed by atoms with E-state index in [1.807, 2.05) is 30.3 Å². The molecular formula is C28H35FN4O. The Labute approximate surface area is 201 Å². The van der Waals surface area contributed by atoms with Crippen LogP contribution in [0.4, 0.5) is 10.3 Å². The van der Waals surface area contributed by atoms with Crippen LogP contribution in [-0.2, 0) is 11.3 Å². The molecule has 1 saturated heterocycles. The summed E-state index contributed by atoms with van der Waals surface area (Å²) in [5.74, 6) is 2.22. The second-order valence-electron chi connectivity index (χ2n) is 10.3. The van der Waals surface area contributed by atoms with Crippen molar-refractivity contribution in [2.24, 2.45) is 17.8 Å². The van der Waals surface area contributed by atoms with Gasteiger partial charge in [-0.1, -0.05) is 51.0 Å². The van der Waals surface area contributed by atoms with Crippen molar-refractivity contribution in [3.63, 3.8) is 0 Å². The molecule has 2 heterocycles. The van der Waals surface area contributed by atoms with Crippen molar-refractivity contribution in [1.29, 1.82) is 0 Å². The van der Waals surface area contributed by atoms with Crippen LogP contribution in [-0.4, -0.2) is 34.6 Å². The first-order chi connectivity index (χ1) is 16.5. The average molecular weight is 463 g/mol. The first-order valence-corrected chi connectivity index (χ1v) is 12.7. The Morgan fingerprint density at radius 2 is 1.76 bits per heavy atom. The lowest BCUT2D eigenvalue weighted by atomic mass is 9.78. The molecule has 2 fully saturated rings. The number of fused-ring (bicyclic) bond motifs is 1. The van der Waals surface area contributed by atoms with E-state index in [0.29, 0.717) is 24.4 Å². The highest BCUT2D eigenvalue weighted by Gasteiger charge is 2.32. The molecule has 3 aromatic rings. The van der Waals surface area contributed by atoms with Gasteiger partial charge in [-0.2, -0.15) is 0 Å². The van der Waals surface area contributed by atoms with Crippen molar-refractivity contribution < 1.29 is 9.18 Å². The fraction of sp³-hybridized carbons (Fsp3) is 0.500. The number of anilines is 1. The Bertz CT molecular complexity index is 1130. The molecule has 1 amide bonds. The van der Waals surface area contributed by atoms with Gasteiger partial charge in [0.05, 0.1) is 17.6 Å².